The van der Waals surface area contributed by atoms with E-state index in [1.54, 1.807) is 26.2 Å². The van der Waals surface area contributed by atoms with Gasteiger partial charge in [-0.05, 0) is 37.3 Å². The molecule has 1 heterocycles. The Hall–Kier alpha value is -3.39. The number of aromatic nitrogens is 3. The number of methoxy groups -OCH3 is 2. The van der Waals surface area contributed by atoms with Gasteiger partial charge in [-0.2, -0.15) is 0 Å². The molecule has 0 saturated heterocycles. The van der Waals surface area contributed by atoms with E-state index in [0.29, 0.717) is 22.2 Å². The van der Waals surface area contributed by atoms with E-state index in [0.717, 1.165) is 0 Å². The fourth-order valence-electron chi connectivity index (χ4n) is 2.62. The van der Waals surface area contributed by atoms with Crippen molar-refractivity contribution in [3.05, 3.63) is 64.4 Å². The van der Waals surface area contributed by atoms with Crippen LogP contribution in [0.15, 0.2) is 42.5 Å². The highest BCUT2D eigenvalue weighted by atomic mass is 35.5. The molecule has 0 aliphatic rings. The van der Waals surface area contributed by atoms with Crippen LogP contribution in [-0.4, -0.2) is 41.1 Å². The fourth-order valence-corrected chi connectivity index (χ4v) is 2.79. The summed E-state index contributed by atoms with van der Waals surface area (Å²) in [6.45, 7) is 1.72. The lowest BCUT2D eigenvalue weighted by molar-refractivity contribution is 0.0602. The molecule has 0 bridgehead atoms. The maximum absolute atomic E-state index is 12.7. The van der Waals surface area contributed by atoms with Gasteiger partial charge in [-0.3, -0.25) is 4.79 Å². The molecular formula is C19H17ClN4O4. The summed E-state index contributed by atoms with van der Waals surface area (Å²) in [6.07, 6.45) is 0. The average Bonchev–Trinajstić information content (AvgIpc) is 3.09. The van der Waals surface area contributed by atoms with Gasteiger partial charge in [-0.15, -0.1) is 5.10 Å². The monoisotopic (exact) mass is 400 g/mol. The van der Waals surface area contributed by atoms with E-state index in [1.165, 1.54) is 30.0 Å². The molecule has 144 valence electrons. The third kappa shape index (κ3) is 3.81. The van der Waals surface area contributed by atoms with Gasteiger partial charge in [0.15, 0.2) is 5.69 Å². The molecule has 1 N–H and O–H groups in total. The quantitative estimate of drug-likeness (QED) is 0.660. The second-order valence-corrected chi connectivity index (χ2v) is 6.21. The molecular weight excluding hydrogens is 384 g/mol. The van der Waals surface area contributed by atoms with Crippen LogP contribution in [0, 0.1) is 6.92 Å². The standard InChI is InChI=1S/C19H17ClN4O4/c1-11-17(22-23-24(11)13-5-4-6-14(10-13)27-2)18(25)21-16-9-12(20)7-8-15(16)19(26)28-3/h4-10H,1-3H3,(H,21,25). The summed E-state index contributed by atoms with van der Waals surface area (Å²) in [7, 11) is 2.82. The first kappa shape index (κ1) is 19.4. The zero-order valence-corrected chi connectivity index (χ0v) is 16.1. The van der Waals surface area contributed by atoms with Crippen LogP contribution in [0.3, 0.4) is 0 Å². The lowest BCUT2D eigenvalue weighted by Crippen LogP contribution is -2.17. The average molecular weight is 401 g/mol. The van der Waals surface area contributed by atoms with Gasteiger partial charge in [0.1, 0.15) is 5.75 Å². The van der Waals surface area contributed by atoms with Crippen molar-refractivity contribution in [2.75, 3.05) is 19.5 Å². The van der Waals surface area contributed by atoms with Crippen LogP contribution < -0.4 is 10.1 Å². The molecule has 1 amide bonds. The SMILES string of the molecule is COC(=O)c1ccc(Cl)cc1NC(=O)c1nnn(-c2cccc(OC)c2)c1C. The topological polar surface area (TPSA) is 95.3 Å². The summed E-state index contributed by atoms with van der Waals surface area (Å²) in [4.78, 5) is 24.6. The number of anilines is 1. The molecule has 0 aliphatic carbocycles. The van der Waals surface area contributed by atoms with Crippen molar-refractivity contribution in [1.82, 2.24) is 15.0 Å². The van der Waals surface area contributed by atoms with Gasteiger partial charge in [0.2, 0.25) is 0 Å². The maximum atomic E-state index is 12.7. The van der Waals surface area contributed by atoms with E-state index in [-0.39, 0.29) is 16.9 Å². The van der Waals surface area contributed by atoms with E-state index < -0.39 is 11.9 Å². The Kier molecular flexibility index (Phi) is 5.60. The zero-order valence-electron chi connectivity index (χ0n) is 15.4. The van der Waals surface area contributed by atoms with Crippen molar-refractivity contribution < 1.29 is 19.1 Å². The third-order valence-electron chi connectivity index (χ3n) is 4.04. The largest absolute Gasteiger partial charge is 0.497 e. The Morgan fingerprint density at radius 1 is 1.14 bits per heavy atom. The van der Waals surface area contributed by atoms with Gasteiger partial charge in [-0.25, -0.2) is 9.48 Å². The molecule has 2 aromatic carbocycles. The molecule has 0 aliphatic heterocycles. The Balaban J connectivity index is 1.92. The highest BCUT2D eigenvalue weighted by molar-refractivity contribution is 6.31. The highest BCUT2D eigenvalue weighted by Crippen LogP contribution is 2.23. The number of carbonyl (C=O) groups excluding carboxylic acids is 2. The summed E-state index contributed by atoms with van der Waals surface area (Å²) in [5, 5.41) is 11.0. The molecule has 0 atom stereocenters. The summed E-state index contributed by atoms with van der Waals surface area (Å²) in [5.41, 5.74) is 1.73. The van der Waals surface area contributed by atoms with E-state index in [2.05, 4.69) is 15.6 Å². The highest BCUT2D eigenvalue weighted by Gasteiger charge is 2.20. The van der Waals surface area contributed by atoms with Crippen molar-refractivity contribution in [2.45, 2.75) is 6.92 Å². The molecule has 28 heavy (non-hydrogen) atoms. The number of benzene rings is 2. The first-order valence-corrected chi connectivity index (χ1v) is 8.58. The molecule has 3 rings (SSSR count). The molecule has 0 saturated carbocycles. The number of carbonyl (C=O) groups is 2. The second kappa shape index (κ2) is 8.10. The Morgan fingerprint density at radius 2 is 1.93 bits per heavy atom. The van der Waals surface area contributed by atoms with Crippen LogP contribution in [0.1, 0.15) is 26.5 Å². The molecule has 0 unspecified atom stereocenters. The smallest absolute Gasteiger partial charge is 0.339 e. The lowest BCUT2D eigenvalue weighted by Gasteiger charge is -2.10. The molecule has 1 aromatic heterocycles. The third-order valence-corrected chi connectivity index (χ3v) is 4.28. The van der Waals surface area contributed by atoms with Gasteiger partial charge in [0.25, 0.3) is 5.91 Å². The van der Waals surface area contributed by atoms with E-state index >= 15 is 0 Å². The molecule has 3 aromatic rings. The summed E-state index contributed by atoms with van der Waals surface area (Å²) >= 11 is 5.99. The van der Waals surface area contributed by atoms with Crippen LogP contribution in [-0.2, 0) is 4.74 Å². The van der Waals surface area contributed by atoms with Crippen LogP contribution >= 0.6 is 11.6 Å². The number of esters is 1. The van der Waals surface area contributed by atoms with Crippen molar-refractivity contribution >= 4 is 29.2 Å². The molecule has 0 radical (unpaired) electrons. The van der Waals surface area contributed by atoms with Gasteiger partial charge in [0, 0.05) is 11.1 Å². The van der Waals surface area contributed by atoms with Gasteiger partial charge in [-0.1, -0.05) is 22.9 Å². The van der Waals surface area contributed by atoms with Crippen molar-refractivity contribution in [3.8, 4) is 11.4 Å². The predicted octanol–water partition coefficient (Wildman–Crippen LogP) is 3.28. The lowest BCUT2D eigenvalue weighted by atomic mass is 10.1. The number of hydrogen-bond acceptors (Lipinski definition) is 6. The van der Waals surface area contributed by atoms with Crippen molar-refractivity contribution in [1.29, 1.82) is 0 Å². The van der Waals surface area contributed by atoms with Crippen LogP contribution in [0.4, 0.5) is 5.69 Å². The first-order valence-electron chi connectivity index (χ1n) is 8.20. The zero-order chi connectivity index (χ0) is 20.3. The number of nitrogens with one attached hydrogen (secondary N) is 1. The number of rotatable bonds is 5. The Morgan fingerprint density at radius 3 is 2.64 bits per heavy atom. The number of amides is 1. The molecule has 0 fully saturated rings. The second-order valence-electron chi connectivity index (χ2n) is 5.77. The summed E-state index contributed by atoms with van der Waals surface area (Å²) in [6, 6.07) is 11.7. The fraction of sp³-hybridized carbons (Fsp3) is 0.158. The van der Waals surface area contributed by atoms with E-state index in [9.17, 15) is 9.59 Å². The first-order chi connectivity index (χ1) is 13.4. The Bertz CT molecular complexity index is 1050. The minimum atomic E-state index is -0.594. The number of nitrogens with zero attached hydrogens (tertiary/aromatic N) is 3. The van der Waals surface area contributed by atoms with Crippen molar-refractivity contribution in [3.63, 3.8) is 0 Å². The van der Waals surface area contributed by atoms with Crippen LogP contribution in [0.2, 0.25) is 5.02 Å². The maximum Gasteiger partial charge on any atom is 0.339 e. The Labute approximate surface area is 166 Å². The van der Waals surface area contributed by atoms with E-state index in [1.807, 2.05) is 12.1 Å². The number of hydrogen-bond donors (Lipinski definition) is 1. The molecule has 8 nitrogen and oxygen atoms in total. The van der Waals surface area contributed by atoms with Crippen LogP contribution in [0.25, 0.3) is 5.69 Å². The van der Waals surface area contributed by atoms with Crippen molar-refractivity contribution in [2.24, 2.45) is 0 Å². The summed E-state index contributed by atoms with van der Waals surface area (Å²) < 4.78 is 11.5. The predicted molar refractivity (Wildman–Crippen MR) is 103 cm³/mol. The van der Waals surface area contributed by atoms with Gasteiger partial charge >= 0.3 is 5.97 Å². The van der Waals surface area contributed by atoms with Gasteiger partial charge < -0.3 is 14.8 Å². The van der Waals surface area contributed by atoms with E-state index in [4.69, 9.17) is 21.1 Å². The minimum absolute atomic E-state index is 0.110. The normalized spacial score (nSPS) is 10.4. The van der Waals surface area contributed by atoms with Crippen LogP contribution in [0.5, 0.6) is 5.75 Å². The number of ether oxygens (including phenoxy) is 2. The molecule has 0 spiro atoms. The van der Waals surface area contributed by atoms with Gasteiger partial charge in [0.05, 0.1) is 36.9 Å². The summed E-state index contributed by atoms with van der Waals surface area (Å²) in [5.74, 6) is -0.470. The molecule has 9 heteroatoms. The minimum Gasteiger partial charge on any atom is -0.497 e. The number of halogens is 1.